The van der Waals surface area contributed by atoms with Crippen LogP contribution in [-0.2, 0) is 11.2 Å². The fourth-order valence-electron chi connectivity index (χ4n) is 3.70. The summed E-state index contributed by atoms with van der Waals surface area (Å²) in [6.07, 6.45) is 2.11. The molecule has 7 heteroatoms. The Morgan fingerprint density at radius 3 is 2.68 bits per heavy atom. The number of nitrogens with one attached hydrogen (secondary N) is 2. The Labute approximate surface area is 178 Å². The maximum atomic E-state index is 13.0. The minimum atomic E-state index is -0.433. The Morgan fingerprint density at radius 1 is 0.968 bits per heavy atom. The zero-order valence-electron chi connectivity index (χ0n) is 16.5. The van der Waals surface area contributed by atoms with Crippen LogP contribution in [0.1, 0.15) is 15.9 Å². The first-order valence-electron chi connectivity index (χ1n) is 9.93. The second kappa shape index (κ2) is 7.95. The number of aromatic nitrogens is 1. The average molecular weight is 413 g/mol. The topological polar surface area (TPSA) is 93.5 Å². The molecule has 5 rings (SSSR count). The average Bonchev–Trinajstić information content (AvgIpc) is 3.36. The predicted octanol–water partition coefficient (Wildman–Crippen LogP) is 3.51. The van der Waals surface area contributed by atoms with Gasteiger partial charge in [-0.1, -0.05) is 36.4 Å². The highest BCUT2D eigenvalue weighted by atomic mass is 16.5. The summed E-state index contributed by atoms with van der Waals surface area (Å²) in [4.78, 5) is 30.2. The molecule has 2 aromatic carbocycles. The molecular weight excluding hydrogens is 394 g/mol. The van der Waals surface area contributed by atoms with Crippen molar-refractivity contribution in [3.05, 3.63) is 84.1 Å². The highest BCUT2D eigenvalue weighted by Crippen LogP contribution is 2.27. The van der Waals surface area contributed by atoms with E-state index < -0.39 is 5.91 Å². The number of hydrogen-bond donors (Lipinski definition) is 2. The molecule has 0 saturated heterocycles. The van der Waals surface area contributed by atoms with Gasteiger partial charge in [0, 0.05) is 5.39 Å². The van der Waals surface area contributed by atoms with E-state index in [1.807, 2.05) is 48.5 Å². The van der Waals surface area contributed by atoms with E-state index in [1.165, 1.54) is 0 Å². The molecule has 4 aromatic rings. The molecule has 0 bridgehead atoms. The Kier molecular flexibility index (Phi) is 4.84. The number of rotatable bonds is 3. The van der Waals surface area contributed by atoms with Crippen LogP contribution >= 0.6 is 0 Å². The highest BCUT2D eigenvalue weighted by Gasteiger charge is 2.26. The summed E-state index contributed by atoms with van der Waals surface area (Å²) in [5, 5.41) is 0.680. The van der Waals surface area contributed by atoms with Crippen molar-refractivity contribution in [3.63, 3.8) is 0 Å². The zero-order valence-corrected chi connectivity index (χ0v) is 16.5. The van der Waals surface area contributed by atoms with Crippen LogP contribution in [0.3, 0.4) is 0 Å². The van der Waals surface area contributed by atoms with Crippen LogP contribution in [0.2, 0.25) is 0 Å². The van der Waals surface area contributed by atoms with Gasteiger partial charge < -0.3 is 9.15 Å². The van der Waals surface area contributed by atoms with Gasteiger partial charge in [0.05, 0.1) is 23.3 Å². The summed E-state index contributed by atoms with van der Waals surface area (Å²) in [6.45, 7) is 0.263. The lowest BCUT2D eigenvalue weighted by Crippen LogP contribution is -2.47. The van der Waals surface area contributed by atoms with E-state index in [-0.39, 0.29) is 18.4 Å². The van der Waals surface area contributed by atoms with Gasteiger partial charge in [0.25, 0.3) is 5.91 Å². The molecule has 2 amide bonds. The fraction of sp³-hybridized carbons (Fsp3) is 0.125. The van der Waals surface area contributed by atoms with Gasteiger partial charge in [0.1, 0.15) is 18.1 Å². The molecule has 0 spiro atoms. The molecule has 1 aliphatic heterocycles. The molecule has 1 unspecified atom stereocenters. The molecular formula is C24H19N3O4. The first-order chi connectivity index (χ1) is 15.2. The van der Waals surface area contributed by atoms with E-state index >= 15 is 0 Å². The molecule has 3 heterocycles. The molecule has 1 aliphatic rings. The number of ether oxygens (including phenoxy) is 1. The van der Waals surface area contributed by atoms with Gasteiger partial charge in [-0.05, 0) is 42.3 Å². The van der Waals surface area contributed by atoms with Crippen molar-refractivity contribution in [2.75, 3.05) is 6.61 Å². The molecule has 0 radical (unpaired) electrons. The van der Waals surface area contributed by atoms with Crippen molar-refractivity contribution in [1.82, 2.24) is 15.8 Å². The van der Waals surface area contributed by atoms with E-state index in [1.54, 1.807) is 24.5 Å². The molecule has 0 saturated carbocycles. The Hall–Kier alpha value is -4.13. The molecule has 31 heavy (non-hydrogen) atoms. The summed E-state index contributed by atoms with van der Waals surface area (Å²) in [5.41, 5.74) is 7.63. The van der Waals surface area contributed by atoms with E-state index in [0.717, 1.165) is 11.3 Å². The monoisotopic (exact) mass is 413 g/mol. The maximum absolute atomic E-state index is 13.0. The van der Waals surface area contributed by atoms with E-state index in [0.29, 0.717) is 34.3 Å². The van der Waals surface area contributed by atoms with Gasteiger partial charge in [-0.15, -0.1) is 0 Å². The molecule has 0 fully saturated rings. The van der Waals surface area contributed by atoms with E-state index in [4.69, 9.17) is 9.15 Å². The lowest BCUT2D eigenvalue weighted by Gasteiger charge is -2.24. The number of furan rings is 1. The largest absolute Gasteiger partial charge is 0.492 e. The van der Waals surface area contributed by atoms with Gasteiger partial charge in [-0.25, -0.2) is 4.98 Å². The Bertz CT molecular complexity index is 1270. The lowest BCUT2D eigenvalue weighted by atomic mass is 9.96. The number of nitrogens with zero attached hydrogens (tertiary/aromatic N) is 1. The number of carbonyl (C=O) groups excluding carboxylic acids is 2. The van der Waals surface area contributed by atoms with Crippen LogP contribution < -0.4 is 15.6 Å². The van der Waals surface area contributed by atoms with Crippen molar-refractivity contribution in [1.29, 1.82) is 0 Å². The number of hydrogen-bond acceptors (Lipinski definition) is 5. The summed E-state index contributed by atoms with van der Waals surface area (Å²) in [6, 6.07) is 20.2. The van der Waals surface area contributed by atoms with Gasteiger partial charge in [0.15, 0.2) is 5.76 Å². The van der Waals surface area contributed by atoms with Crippen LogP contribution in [0.5, 0.6) is 5.75 Å². The van der Waals surface area contributed by atoms with Crippen LogP contribution in [0.4, 0.5) is 0 Å². The smallest absolute Gasteiger partial charge is 0.270 e. The lowest BCUT2D eigenvalue weighted by molar-refractivity contribution is -0.127. The quantitative estimate of drug-likeness (QED) is 0.502. The molecule has 1 atom stereocenters. The number of carbonyl (C=O) groups is 2. The second-order valence-electron chi connectivity index (χ2n) is 7.31. The SMILES string of the molecule is O=C(NNC(=O)C1COc2ccccc2C1)c1cc(-c2ccco2)nc2ccccc12. The molecule has 0 aliphatic carbocycles. The summed E-state index contributed by atoms with van der Waals surface area (Å²) < 4.78 is 11.1. The predicted molar refractivity (Wildman–Crippen MR) is 114 cm³/mol. The number of fused-ring (bicyclic) bond motifs is 2. The zero-order chi connectivity index (χ0) is 21.2. The molecule has 7 nitrogen and oxygen atoms in total. The standard InChI is InChI=1S/C24H19N3O4/c28-23(16-12-15-6-1-4-9-21(15)31-14-16)26-27-24(29)18-13-20(22-10-5-11-30-22)25-19-8-3-2-7-17(18)19/h1-11,13,16H,12,14H2,(H,26,28)(H,27,29). The summed E-state index contributed by atoms with van der Waals surface area (Å²) in [7, 11) is 0. The minimum absolute atomic E-state index is 0.263. The van der Waals surface area contributed by atoms with Gasteiger partial charge >= 0.3 is 0 Å². The first-order valence-corrected chi connectivity index (χ1v) is 9.93. The Balaban J connectivity index is 1.34. The van der Waals surface area contributed by atoms with Crippen molar-refractivity contribution in [2.24, 2.45) is 5.92 Å². The summed E-state index contributed by atoms with van der Waals surface area (Å²) >= 11 is 0. The van der Waals surface area contributed by atoms with Crippen LogP contribution in [-0.4, -0.2) is 23.4 Å². The van der Waals surface area contributed by atoms with E-state index in [2.05, 4.69) is 15.8 Å². The molecule has 154 valence electrons. The van der Waals surface area contributed by atoms with Gasteiger partial charge in [-0.3, -0.25) is 20.4 Å². The third kappa shape index (κ3) is 3.73. The number of pyridine rings is 1. The maximum Gasteiger partial charge on any atom is 0.270 e. The molecule has 2 aromatic heterocycles. The van der Waals surface area contributed by atoms with Crippen molar-refractivity contribution < 1.29 is 18.7 Å². The first kappa shape index (κ1) is 18.9. The Morgan fingerprint density at radius 2 is 1.81 bits per heavy atom. The van der Waals surface area contributed by atoms with Gasteiger partial charge in [0.2, 0.25) is 5.91 Å². The van der Waals surface area contributed by atoms with Crippen molar-refractivity contribution in [3.8, 4) is 17.2 Å². The van der Waals surface area contributed by atoms with Gasteiger partial charge in [-0.2, -0.15) is 0 Å². The number of benzene rings is 2. The van der Waals surface area contributed by atoms with Crippen molar-refractivity contribution in [2.45, 2.75) is 6.42 Å². The number of hydrazine groups is 1. The number of amides is 2. The highest BCUT2D eigenvalue weighted by molar-refractivity contribution is 6.07. The minimum Gasteiger partial charge on any atom is -0.492 e. The fourth-order valence-corrected chi connectivity index (χ4v) is 3.70. The van der Waals surface area contributed by atoms with Crippen molar-refractivity contribution >= 4 is 22.7 Å². The second-order valence-corrected chi connectivity index (χ2v) is 7.31. The third-order valence-corrected chi connectivity index (χ3v) is 5.28. The third-order valence-electron chi connectivity index (χ3n) is 5.28. The molecule has 2 N–H and O–H groups in total. The normalized spacial score (nSPS) is 15.0. The number of para-hydroxylation sites is 2. The van der Waals surface area contributed by atoms with E-state index in [9.17, 15) is 9.59 Å². The van der Waals surface area contributed by atoms with Crippen LogP contribution in [0.25, 0.3) is 22.4 Å². The van der Waals surface area contributed by atoms with Crippen LogP contribution in [0, 0.1) is 5.92 Å². The summed E-state index contributed by atoms with van der Waals surface area (Å²) in [5.74, 6) is 0.235. The van der Waals surface area contributed by atoms with Crippen LogP contribution in [0.15, 0.2) is 77.4 Å².